The molecule has 0 spiro atoms. The van der Waals surface area contributed by atoms with Crippen molar-refractivity contribution in [1.82, 2.24) is 0 Å². The fourth-order valence-corrected chi connectivity index (χ4v) is 1.76. The Kier molecular flexibility index (Phi) is 3.81. The Morgan fingerprint density at radius 1 is 1.38 bits per heavy atom. The molecule has 0 aliphatic heterocycles. The topological polar surface area (TPSA) is 80.7 Å². The number of methoxy groups -OCH3 is 1. The van der Waals surface area contributed by atoms with E-state index in [1.54, 1.807) is 6.07 Å². The van der Waals surface area contributed by atoms with Gasteiger partial charge in [0.2, 0.25) is 0 Å². The molecule has 1 aromatic rings. The van der Waals surface area contributed by atoms with Crippen LogP contribution in [0.25, 0.3) is 6.08 Å². The molecular formula is C10H10O5S. The van der Waals surface area contributed by atoms with Crippen molar-refractivity contribution < 1.29 is 22.5 Å². The van der Waals surface area contributed by atoms with Gasteiger partial charge in [0.1, 0.15) is 4.90 Å². The van der Waals surface area contributed by atoms with Gasteiger partial charge in [0, 0.05) is 6.08 Å². The summed E-state index contributed by atoms with van der Waals surface area (Å²) in [6.45, 7) is 0. The maximum absolute atomic E-state index is 11.0. The Hall–Kier alpha value is -1.66. The minimum atomic E-state index is -4.29. The van der Waals surface area contributed by atoms with E-state index >= 15 is 0 Å². The molecule has 1 rings (SSSR count). The van der Waals surface area contributed by atoms with Crippen molar-refractivity contribution >= 4 is 22.2 Å². The number of hydrogen-bond acceptors (Lipinski definition) is 4. The SMILES string of the molecule is COC(=O)C=Cc1ccccc1S(=O)(=O)O. The second-order valence-corrected chi connectivity index (χ2v) is 4.26. The van der Waals surface area contributed by atoms with Crippen molar-refractivity contribution in [3.05, 3.63) is 35.9 Å². The number of rotatable bonds is 3. The summed E-state index contributed by atoms with van der Waals surface area (Å²) in [6.07, 6.45) is 2.33. The zero-order valence-corrected chi connectivity index (χ0v) is 9.27. The Bertz CT molecular complexity index is 516. The van der Waals surface area contributed by atoms with Crippen LogP contribution < -0.4 is 0 Å². The highest BCUT2D eigenvalue weighted by molar-refractivity contribution is 7.85. The van der Waals surface area contributed by atoms with Crippen LogP contribution in [0.5, 0.6) is 0 Å². The van der Waals surface area contributed by atoms with Crippen molar-refractivity contribution in [2.75, 3.05) is 7.11 Å². The molecule has 0 radical (unpaired) electrons. The predicted molar refractivity (Wildman–Crippen MR) is 57.3 cm³/mol. The molecule has 0 atom stereocenters. The van der Waals surface area contributed by atoms with Crippen molar-refractivity contribution in [1.29, 1.82) is 0 Å². The Balaban J connectivity index is 3.15. The van der Waals surface area contributed by atoms with Crippen molar-refractivity contribution in [2.45, 2.75) is 4.90 Å². The predicted octanol–water partition coefficient (Wildman–Crippen LogP) is 1.12. The highest BCUT2D eigenvalue weighted by Gasteiger charge is 2.12. The standard InChI is InChI=1S/C10H10O5S/c1-15-10(11)7-6-8-4-2-3-5-9(8)16(12,13)14/h2-7H,1H3,(H,12,13,14). The molecule has 0 unspecified atom stereocenters. The molecule has 1 N–H and O–H groups in total. The first-order valence-corrected chi connectivity index (χ1v) is 5.71. The van der Waals surface area contributed by atoms with Crippen LogP contribution in [0.3, 0.4) is 0 Å². The van der Waals surface area contributed by atoms with Gasteiger partial charge in [-0.25, -0.2) is 4.79 Å². The second kappa shape index (κ2) is 4.91. The van der Waals surface area contributed by atoms with Crippen LogP contribution in [0.4, 0.5) is 0 Å². The van der Waals surface area contributed by atoms with E-state index in [2.05, 4.69) is 4.74 Å². The van der Waals surface area contributed by atoms with Gasteiger partial charge in [0.05, 0.1) is 7.11 Å². The molecule has 1 aromatic carbocycles. The molecule has 0 aromatic heterocycles. The first kappa shape index (κ1) is 12.4. The van der Waals surface area contributed by atoms with Gasteiger partial charge in [-0.1, -0.05) is 18.2 Å². The normalized spacial score (nSPS) is 11.6. The highest BCUT2D eigenvalue weighted by Crippen LogP contribution is 2.16. The molecule has 0 saturated heterocycles. The lowest BCUT2D eigenvalue weighted by Gasteiger charge is -2.01. The molecule has 86 valence electrons. The molecule has 0 aliphatic rings. The van der Waals surface area contributed by atoms with Gasteiger partial charge in [-0.15, -0.1) is 0 Å². The fraction of sp³-hybridized carbons (Fsp3) is 0.100. The van der Waals surface area contributed by atoms with Crippen LogP contribution in [0.15, 0.2) is 35.2 Å². The van der Waals surface area contributed by atoms with Gasteiger partial charge >= 0.3 is 5.97 Å². The summed E-state index contributed by atoms with van der Waals surface area (Å²) in [7, 11) is -3.08. The lowest BCUT2D eigenvalue weighted by molar-refractivity contribution is -0.134. The Morgan fingerprint density at radius 3 is 2.56 bits per heavy atom. The third kappa shape index (κ3) is 3.18. The van der Waals surface area contributed by atoms with Crippen LogP contribution in [0, 0.1) is 0 Å². The zero-order valence-electron chi connectivity index (χ0n) is 8.45. The van der Waals surface area contributed by atoms with Gasteiger partial charge in [-0.05, 0) is 17.7 Å². The lowest BCUT2D eigenvalue weighted by Crippen LogP contribution is -2.01. The highest BCUT2D eigenvalue weighted by atomic mass is 32.2. The summed E-state index contributed by atoms with van der Waals surface area (Å²) >= 11 is 0. The van der Waals surface area contributed by atoms with E-state index in [0.717, 1.165) is 6.08 Å². The van der Waals surface area contributed by atoms with Crippen molar-refractivity contribution in [2.24, 2.45) is 0 Å². The summed E-state index contributed by atoms with van der Waals surface area (Å²) in [6, 6.07) is 5.76. The van der Waals surface area contributed by atoms with Gasteiger partial charge in [-0.3, -0.25) is 4.55 Å². The molecule has 0 saturated carbocycles. The van der Waals surface area contributed by atoms with Gasteiger partial charge in [0.15, 0.2) is 0 Å². The maximum Gasteiger partial charge on any atom is 0.330 e. The molecule has 0 fully saturated rings. The summed E-state index contributed by atoms with van der Waals surface area (Å²) in [5, 5.41) is 0. The average Bonchev–Trinajstić information content (AvgIpc) is 2.25. The lowest BCUT2D eigenvalue weighted by atomic mass is 10.2. The van der Waals surface area contributed by atoms with Crippen molar-refractivity contribution in [3.8, 4) is 0 Å². The molecule has 0 amide bonds. The van der Waals surface area contributed by atoms with E-state index in [4.69, 9.17) is 4.55 Å². The monoisotopic (exact) mass is 242 g/mol. The number of ether oxygens (including phenoxy) is 1. The molecular weight excluding hydrogens is 232 g/mol. The quantitative estimate of drug-likeness (QED) is 0.488. The Labute approximate surface area is 93.1 Å². The molecule has 6 heteroatoms. The number of hydrogen-bond donors (Lipinski definition) is 1. The Morgan fingerprint density at radius 2 is 2.00 bits per heavy atom. The summed E-state index contributed by atoms with van der Waals surface area (Å²) in [5.74, 6) is -0.606. The fourth-order valence-electron chi connectivity index (χ4n) is 1.08. The van der Waals surface area contributed by atoms with Crippen LogP contribution in [0.1, 0.15) is 5.56 Å². The number of carbonyl (C=O) groups is 1. The summed E-state index contributed by atoms with van der Waals surface area (Å²) < 4.78 is 35.2. The third-order valence-corrected chi connectivity index (χ3v) is 2.72. The van der Waals surface area contributed by atoms with Gasteiger partial charge < -0.3 is 4.74 Å². The number of carbonyl (C=O) groups excluding carboxylic acids is 1. The molecule has 16 heavy (non-hydrogen) atoms. The van der Waals surface area contributed by atoms with E-state index in [0.29, 0.717) is 0 Å². The van der Waals surface area contributed by atoms with Crippen LogP contribution in [0.2, 0.25) is 0 Å². The minimum absolute atomic E-state index is 0.218. The molecule has 0 bridgehead atoms. The van der Waals surface area contributed by atoms with E-state index < -0.39 is 16.1 Å². The van der Waals surface area contributed by atoms with E-state index in [1.807, 2.05) is 0 Å². The van der Waals surface area contributed by atoms with Crippen LogP contribution >= 0.6 is 0 Å². The first-order chi connectivity index (χ1) is 7.45. The smallest absolute Gasteiger partial charge is 0.330 e. The van der Waals surface area contributed by atoms with E-state index in [9.17, 15) is 13.2 Å². The summed E-state index contributed by atoms with van der Waals surface area (Å²) in [4.78, 5) is 10.6. The molecule has 0 heterocycles. The first-order valence-electron chi connectivity index (χ1n) is 4.27. The zero-order chi connectivity index (χ0) is 12.2. The van der Waals surface area contributed by atoms with Crippen LogP contribution in [-0.4, -0.2) is 26.0 Å². The van der Waals surface area contributed by atoms with Gasteiger partial charge in [0.25, 0.3) is 10.1 Å². The van der Waals surface area contributed by atoms with E-state index in [1.165, 1.54) is 31.4 Å². The molecule has 0 aliphatic carbocycles. The number of esters is 1. The summed E-state index contributed by atoms with van der Waals surface area (Å²) in [5.41, 5.74) is 0.218. The maximum atomic E-state index is 11.0. The minimum Gasteiger partial charge on any atom is -0.466 e. The van der Waals surface area contributed by atoms with Crippen LogP contribution in [-0.2, 0) is 19.6 Å². The third-order valence-electron chi connectivity index (χ3n) is 1.80. The van der Waals surface area contributed by atoms with Crippen molar-refractivity contribution in [3.63, 3.8) is 0 Å². The van der Waals surface area contributed by atoms with Gasteiger partial charge in [-0.2, -0.15) is 8.42 Å². The average molecular weight is 242 g/mol. The number of benzene rings is 1. The largest absolute Gasteiger partial charge is 0.466 e. The second-order valence-electron chi connectivity index (χ2n) is 2.87. The van der Waals surface area contributed by atoms with E-state index in [-0.39, 0.29) is 10.5 Å². The molecule has 5 nitrogen and oxygen atoms in total.